The molecule has 0 heterocycles. The van der Waals surface area contributed by atoms with Crippen LogP contribution in [0, 0.1) is 0 Å². The zero-order valence-electron chi connectivity index (χ0n) is 10.4. The average Bonchev–Trinajstić information content (AvgIpc) is 2.35. The summed E-state index contributed by atoms with van der Waals surface area (Å²) in [6.07, 6.45) is 3.29. The molecule has 0 aliphatic carbocycles. The number of rotatable bonds is 6. The number of anilines is 1. The van der Waals surface area contributed by atoms with Crippen LogP contribution in [0.4, 0.5) is 5.69 Å². The van der Waals surface area contributed by atoms with Crippen LogP contribution in [-0.2, 0) is 14.8 Å². The third kappa shape index (κ3) is 5.42. The molecular formula is C12H15ClN2O3S. The Hall–Kier alpha value is -1.37. The van der Waals surface area contributed by atoms with Crippen molar-refractivity contribution in [2.45, 2.75) is 11.8 Å². The van der Waals surface area contributed by atoms with Crippen LogP contribution in [0.15, 0.2) is 41.3 Å². The van der Waals surface area contributed by atoms with Crippen molar-refractivity contribution in [2.24, 2.45) is 0 Å². The number of carbonyl (C=O) groups is 1. The highest BCUT2D eigenvalue weighted by atomic mass is 35.5. The summed E-state index contributed by atoms with van der Waals surface area (Å²) in [6, 6.07) is 5.92. The topological polar surface area (TPSA) is 75.3 Å². The summed E-state index contributed by atoms with van der Waals surface area (Å²) in [5.74, 6) is 0.132. The van der Waals surface area contributed by atoms with Gasteiger partial charge in [-0.1, -0.05) is 12.2 Å². The molecule has 0 atom stereocenters. The smallest absolute Gasteiger partial charge is 0.240 e. The molecule has 0 unspecified atom stereocenters. The maximum atomic E-state index is 11.9. The number of hydrogen-bond acceptors (Lipinski definition) is 3. The van der Waals surface area contributed by atoms with E-state index in [1.165, 1.54) is 31.2 Å². The van der Waals surface area contributed by atoms with Gasteiger partial charge in [0.1, 0.15) is 0 Å². The summed E-state index contributed by atoms with van der Waals surface area (Å²) < 4.78 is 26.1. The van der Waals surface area contributed by atoms with Crippen molar-refractivity contribution in [3.05, 3.63) is 36.4 Å². The Morgan fingerprint density at radius 1 is 1.26 bits per heavy atom. The molecule has 1 aromatic carbocycles. The van der Waals surface area contributed by atoms with Gasteiger partial charge in [-0.2, -0.15) is 0 Å². The first kappa shape index (κ1) is 15.7. The van der Waals surface area contributed by atoms with Gasteiger partial charge in [0.25, 0.3) is 0 Å². The van der Waals surface area contributed by atoms with E-state index in [9.17, 15) is 13.2 Å². The number of carbonyl (C=O) groups excluding carboxylic acids is 1. The Morgan fingerprint density at radius 2 is 1.89 bits per heavy atom. The lowest BCUT2D eigenvalue weighted by Crippen LogP contribution is -2.23. The zero-order chi connectivity index (χ0) is 14.3. The van der Waals surface area contributed by atoms with E-state index in [4.69, 9.17) is 11.6 Å². The SMILES string of the molecule is CC(=O)Nc1ccc(S(=O)(=O)NC/C=C/CCl)cc1. The van der Waals surface area contributed by atoms with E-state index >= 15 is 0 Å². The monoisotopic (exact) mass is 302 g/mol. The van der Waals surface area contributed by atoms with Crippen molar-refractivity contribution in [3.63, 3.8) is 0 Å². The number of benzene rings is 1. The van der Waals surface area contributed by atoms with Crippen molar-refractivity contribution in [1.29, 1.82) is 0 Å². The number of allylic oxidation sites excluding steroid dienone is 1. The lowest BCUT2D eigenvalue weighted by Gasteiger charge is -2.06. The number of halogens is 1. The minimum Gasteiger partial charge on any atom is -0.326 e. The number of sulfonamides is 1. The molecule has 0 fully saturated rings. The van der Waals surface area contributed by atoms with Gasteiger partial charge >= 0.3 is 0 Å². The molecule has 0 radical (unpaired) electrons. The Labute approximate surface area is 117 Å². The van der Waals surface area contributed by atoms with Crippen LogP contribution in [-0.4, -0.2) is 26.7 Å². The summed E-state index contributed by atoms with van der Waals surface area (Å²) in [7, 11) is -3.54. The summed E-state index contributed by atoms with van der Waals surface area (Å²) in [6.45, 7) is 1.57. The van der Waals surface area contributed by atoms with E-state index in [-0.39, 0.29) is 17.3 Å². The van der Waals surface area contributed by atoms with Crippen LogP contribution in [0.25, 0.3) is 0 Å². The standard InChI is InChI=1S/C12H15ClN2O3S/c1-10(16)15-11-4-6-12(7-5-11)19(17,18)14-9-3-2-8-13/h2-7,14H,8-9H2,1H3,(H,15,16)/b3-2+. The highest BCUT2D eigenvalue weighted by molar-refractivity contribution is 7.89. The lowest BCUT2D eigenvalue weighted by molar-refractivity contribution is -0.114. The van der Waals surface area contributed by atoms with Gasteiger partial charge in [0.05, 0.1) is 4.90 Å². The molecule has 0 saturated heterocycles. The second kappa shape index (κ2) is 7.28. The molecule has 0 aromatic heterocycles. The van der Waals surface area contributed by atoms with Crippen LogP contribution in [0.3, 0.4) is 0 Å². The fourth-order valence-corrected chi connectivity index (χ4v) is 2.41. The van der Waals surface area contributed by atoms with E-state index in [0.717, 1.165) is 0 Å². The minimum absolute atomic E-state index is 0.140. The third-order valence-electron chi connectivity index (χ3n) is 2.13. The summed E-state index contributed by atoms with van der Waals surface area (Å²) in [5.41, 5.74) is 0.550. The van der Waals surface area contributed by atoms with E-state index < -0.39 is 10.0 Å². The number of amides is 1. The van der Waals surface area contributed by atoms with Gasteiger partial charge in [-0.05, 0) is 24.3 Å². The van der Waals surface area contributed by atoms with Crippen molar-refractivity contribution >= 4 is 33.2 Å². The Bertz CT molecular complexity index is 553. The summed E-state index contributed by atoms with van der Waals surface area (Å²) in [5, 5.41) is 2.56. The first-order valence-corrected chi connectivity index (χ1v) is 7.56. The molecule has 5 nitrogen and oxygen atoms in total. The van der Waals surface area contributed by atoms with Crippen molar-refractivity contribution in [1.82, 2.24) is 4.72 Å². The minimum atomic E-state index is -3.54. The van der Waals surface area contributed by atoms with Gasteiger partial charge in [-0.3, -0.25) is 4.79 Å². The molecule has 0 spiro atoms. The van der Waals surface area contributed by atoms with Crippen LogP contribution >= 0.6 is 11.6 Å². The molecule has 1 amide bonds. The Morgan fingerprint density at radius 3 is 2.42 bits per heavy atom. The van der Waals surface area contributed by atoms with Gasteiger partial charge in [0.2, 0.25) is 15.9 Å². The van der Waals surface area contributed by atoms with Crippen molar-refractivity contribution < 1.29 is 13.2 Å². The van der Waals surface area contributed by atoms with Gasteiger partial charge in [0, 0.05) is 25.0 Å². The normalized spacial score (nSPS) is 11.7. The van der Waals surface area contributed by atoms with Crippen LogP contribution < -0.4 is 10.0 Å². The predicted molar refractivity (Wildman–Crippen MR) is 75.8 cm³/mol. The number of hydrogen-bond donors (Lipinski definition) is 2. The van der Waals surface area contributed by atoms with E-state index in [1.807, 2.05) is 0 Å². The Kier molecular flexibility index (Phi) is 6.01. The summed E-state index contributed by atoms with van der Waals surface area (Å²) >= 11 is 5.43. The molecule has 19 heavy (non-hydrogen) atoms. The maximum absolute atomic E-state index is 11.9. The van der Waals surface area contributed by atoms with Crippen LogP contribution in [0.1, 0.15) is 6.92 Å². The van der Waals surface area contributed by atoms with E-state index in [2.05, 4.69) is 10.0 Å². The molecule has 7 heteroatoms. The first-order chi connectivity index (χ1) is 8.95. The predicted octanol–water partition coefficient (Wildman–Crippen LogP) is 1.72. The molecule has 0 aliphatic rings. The third-order valence-corrected chi connectivity index (χ3v) is 3.75. The highest BCUT2D eigenvalue weighted by Crippen LogP contribution is 2.13. The second-order valence-electron chi connectivity index (χ2n) is 3.68. The molecule has 104 valence electrons. The average molecular weight is 303 g/mol. The fourth-order valence-electron chi connectivity index (χ4n) is 1.31. The van der Waals surface area contributed by atoms with Gasteiger partial charge in [0.15, 0.2) is 0 Å². The molecular weight excluding hydrogens is 288 g/mol. The Balaban J connectivity index is 2.73. The lowest BCUT2D eigenvalue weighted by atomic mass is 10.3. The first-order valence-electron chi connectivity index (χ1n) is 5.54. The van der Waals surface area contributed by atoms with Gasteiger partial charge in [-0.15, -0.1) is 11.6 Å². The van der Waals surface area contributed by atoms with E-state index in [0.29, 0.717) is 11.6 Å². The quantitative estimate of drug-likeness (QED) is 0.620. The van der Waals surface area contributed by atoms with Crippen molar-refractivity contribution in [2.75, 3.05) is 17.7 Å². The number of nitrogens with one attached hydrogen (secondary N) is 2. The molecule has 0 aliphatic heterocycles. The molecule has 1 rings (SSSR count). The van der Waals surface area contributed by atoms with Gasteiger partial charge < -0.3 is 5.32 Å². The van der Waals surface area contributed by atoms with E-state index in [1.54, 1.807) is 12.2 Å². The van der Waals surface area contributed by atoms with Gasteiger partial charge in [-0.25, -0.2) is 13.1 Å². The zero-order valence-corrected chi connectivity index (χ0v) is 12.0. The second-order valence-corrected chi connectivity index (χ2v) is 5.76. The highest BCUT2D eigenvalue weighted by Gasteiger charge is 2.12. The van der Waals surface area contributed by atoms with Crippen molar-refractivity contribution in [3.8, 4) is 0 Å². The van der Waals surface area contributed by atoms with Crippen LogP contribution in [0.5, 0.6) is 0 Å². The number of alkyl halides is 1. The fraction of sp³-hybridized carbons (Fsp3) is 0.250. The molecule has 2 N–H and O–H groups in total. The summed E-state index contributed by atoms with van der Waals surface area (Å²) in [4.78, 5) is 11.0. The molecule has 0 bridgehead atoms. The van der Waals surface area contributed by atoms with Crippen LogP contribution in [0.2, 0.25) is 0 Å². The molecule has 1 aromatic rings. The largest absolute Gasteiger partial charge is 0.326 e. The maximum Gasteiger partial charge on any atom is 0.240 e. The molecule has 0 saturated carbocycles.